The first-order chi connectivity index (χ1) is 9.83. The lowest BCUT2D eigenvalue weighted by Crippen LogP contribution is -2.07. The zero-order valence-electron chi connectivity index (χ0n) is 11.8. The number of anilines is 3. The number of hydrogen-bond acceptors (Lipinski definition) is 2. The van der Waals surface area contributed by atoms with Crippen molar-refractivity contribution in [3.05, 3.63) is 54.1 Å². The summed E-state index contributed by atoms with van der Waals surface area (Å²) in [6.45, 7) is 0. The van der Waals surface area contributed by atoms with E-state index in [1.165, 1.54) is 37.7 Å². The van der Waals surface area contributed by atoms with Crippen LogP contribution in [-0.4, -0.2) is 0 Å². The Morgan fingerprint density at radius 1 is 0.850 bits per heavy atom. The number of nitrogens with one attached hydrogen (secondary N) is 1. The third-order valence-electron chi connectivity index (χ3n) is 4.19. The van der Waals surface area contributed by atoms with Gasteiger partial charge >= 0.3 is 0 Å². The van der Waals surface area contributed by atoms with E-state index >= 15 is 0 Å². The molecule has 0 saturated heterocycles. The molecular weight excluding hydrogens is 244 g/mol. The van der Waals surface area contributed by atoms with Crippen molar-refractivity contribution in [3.63, 3.8) is 0 Å². The van der Waals surface area contributed by atoms with Crippen molar-refractivity contribution in [3.8, 4) is 0 Å². The molecule has 1 fully saturated rings. The van der Waals surface area contributed by atoms with Gasteiger partial charge in [0, 0.05) is 17.1 Å². The maximum atomic E-state index is 6.19. The van der Waals surface area contributed by atoms with Gasteiger partial charge in [-0.15, -0.1) is 0 Å². The van der Waals surface area contributed by atoms with E-state index in [1.54, 1.807) is 0 Å². The highest BCUT2D eigenvalue weighted by atomic mass is 14.9. The lowest BCUT2D eigenvalue weighted by molar-refractivity contribution is 0.444. The summed E-state index contributed by atoms with van der Waals surface area (Å²) in [5.41, 5.74) is 10.7. The van der Waals surface area contributed by atoms with E-state index in [1.807, 2.05) is 24.3 Å². The van der Waals surface area contributed by atoms with E-state index in [2.05, 4.69) is 29.6 Å². The van der Waals surface area contributed by atoms with Gasteiger partial charge in [-0.3, -0.25) is 0 Å². The van der Waals surface area contributed by atoms with Gasteiger partial charge in [0.1, 0.15) is 0 Å². The number of nitrogen functional groups attached to an aromatic ring is 1. The van der Waals surface area contributed by atoms with Gasteiger partial charge in [-0.25, -0.2) is 0 Å². The molecule has 2 heteroatoms. The quantitative estimate of drug-likeness (QED) is 0.762. The molecule has 104 valence electrons. The first-order valence-electron chi connectivity index (χ1n) is 7.54. The van der Waals surface area contributed by atoms with Crippen LogP contribution < -0.4 is 11.1 Å². The molecule has 2 aromatic carbocycles. The topological polar surface area (TPSA) is 38.0 Å². The third-order valence-corrected chi connectivity index (χ3v) is 4.19. The minimum absolute atomic E-state index is 0.640. The van der Waals surface area contributed by atoms with Crippen molar-refractivity contribution in [2.75, 3.05) is 11.1 Å². The van der Waals surface area contributed by atoms with Gasteiger partial charge in [0.2, 0.25) is 0 Å². The van der Waals surface area contributed by atoms with Crippen LogP contribution in [0.25, 0.3) is 0 Å². The summed E-state index contributed by atoms with van der Waals surface area (Å²) in [5, 5.41) is 3.46. The predicted octanol–water partition coefficient (Wildman–Crippen LogP) is 5.06. The molecule has 0 bridgehead atoms. The Balaban J connectivity index is 1.82. The summed E-state index contributed by atoms with van der Waals surface area (Å²) < 4.78 is 0. The Morgan fingerprint density at radius 2 is 1.60 bits per heavy atom. The number of rotatable bonds is 3. The predicted molar refractivity (Wildman–Crippen MR) is 86.4 cm³/mol. The second-order valence-corrected chi connectivity index (χ2v) is 5.67. The molecule has 2 nitrogen and oxygen atoms in total. The molecule has 0 radical (unpaired) electrons. The highest BCUT2D eigenvalue weighted by Crippen LogP contribution is 2.37. The first-order valence-corrected chi connectivity index (χ1v) is 7.54. The van der Waals surface area contributed by atoms with Gasteiger partial charge in [-0.05, 0) is 54.7 Å². The summed E-state index contributed by atoms with van der Waals surface area (Å²) in [6, 6.07) is 16.6. The molecule has 0 aliphatic heterocycles. The molecule has 2 aromatic rings. The van der Waals surface area contributed by atoms with E-state index in [-0.39, 0.29) is 0 Å². The van der Waals surface area contributed by atoms with Crippen molar-refractivity contribution in [2.24, 2.45) is 0 Å². The van der Waals surface area contributed by atoms with Crippen molar-refractivity contribution < 1.29 is 0 Å². The van der Waals surface area contributed by atoms with Crippen LogP contribution in [0.2, 0.25) is 0 Å². The first kappa shape index (κ1) is 13.0. The van der Waals surface area contributed by atoms with Crippen LogP contribution in [0.5, 0.6) is 0 Å². The minimum atomic E-state index is 0.640. The van der Waals surface area contributed by atoms with Gasteiger partial charge in [0.25, 0.3) is 0 Å². The Kier molecular flexibility index (Phi) is 3.91. The highest BCUT2D eigenvalue weighted by molar-refractivity contribution is 5.65. The Hall–Kier alpha value is -1.96. The second-order valence-electron chi connectivity index (χ2n) is 5.67. The molecule has 3 N–H and O–H groups in total. The van der Waals surface area contributed by atoms with E-state index in [0.29, 0.717) is 5.92 Å². The molecule has 0 atom stereocenters. The van der Waals surface area contributed by atoms with E-state index < -0.39 is 0 Å². The average Bonchev–Trinajstić information content (AvgIpc) is 2.51. The van der Waals surface area contributed by atoms with Crippen LogP contribution in [0.1, 0.15) is 43.6 Å². The number of benzene rings is 2. The molecule has 1 aliphatic rings. The number of para-hydroxylation sites is 1. The average molecular weight is 266 g/mol. The van der Waals surface area contributed by atoms with Gasteiger partial charge < -0.3 is 11.1 Å². The second kappa shape index (κ2) is 6.00. The molecule has 0 amide bonds. The normalized spacial score (nSPS) is 16.0. The molecule has 20 heavy (non-hydrogen) atoms. The lowest BCUT2D eigenvalue weighted by atomic mass is 9.83. The molecule has 0 aromatic heterocycles. The maximum Gasteiger partial charge on any atom is 0.0388 e. The molecule has 1 saturated carbocycles. The molecule has 0 spiro atoms. The largest absolute Gasteiger partial charge is 0.398 e. The van der Waals surface area contributed by atoms with E-state index in [9.17, 15) is 0 Å². The smallest absolute Gasteiger partial charge is 0.0388 e. The van der Waals surface area contributed by atoms with Crippen molar-refractivity contribution >= 4 is 17.1 Å². The fourth-order valence-electron chi connectivity index (χ4n) is 3.11. The Morgan fingerprint density at radius 3 is 2.35 bits per heavy atom. The number of hydrogen-bond donors (Lipinski definition) is 2. The van der Waals surface area contributed by atoms with Crippen molar-refractivity contribution in [1.82, 2.24) is 0 Å². The van der Waals surface area contributed by atoms with Gasteiger partial charge in [-0.1, -0.05) is 37.5 Å². The summed E-state index contributed by atoms with van der Waals surface area (Å²) in [5.74, 6) is 0.640. The van der Waals surface area contributed by atoms with Crippen LogP contribution in [0.15, 0.2) is 48.5 Å². The monoisotopic (exact) mass is 266 g/mol. The fourth-order valence-corrected chi connectivity index (χ4v) is 3.11. The van der Waals surface area contributed by atoms with Crippen LogP contribution in [0, 0.1) is 0 Å². The van der Waals surface area contributed by atoms with Crippen LogP contribution in [0.3, 0.4) is 0 Å². The lowest BCUT2D eigenvalue weighted by Gasteiger charge is -2.24. The fraction of sp³-hybridized carbons (Fsp3) is 0.333. The summed E-state index contributed by atoms with van der Waals surface area (Å²) in [4.78, 5) is 0. The molecule has 0 heterocycles. The third kappa shape index (κ3) is 2.96. The Labute approximate surface area is 121 Å². The van der Waals surface area contributed by atoms with Crippen molar-refractivity contribution in [1.29, 1.82) is 0 Å². The molecule has 1 aliphatic carbocycles. The molecule has 3 rings (SSSR count). The number of nitrogens with two attached hydrogens (primary N) is 1. The van der Waals surface area contributed by atoms with E-state index in [4.69, 9.17) is 5.73 Å². The van der Waals surface area contributed by atoms with Crippen LogP contribution >= 0.6 is 0 Å². The minimum Gasteiger partial charge on any atom is -0.398 e. The Bertz CT molecular complexity index is 557. The highest BCUT2D eigenvalue weighted by Gasteiger charge is 2.18. The summed E-state index contributed by atoms with van der Waals surface area (Å²) >= 11 is 0. The van der Waals surface area contributed by atoms with Crippen molar-refractivity contribution in [2.45, 2.75) is 38.0 Å². The van der Waals surface area contributed by atoms with Crippen LogP contribution in [0.4, 0.5) is 17.1 Å². The van der Waals surface area contributed by atoms with Gasteiger partial charge in [0.05, 0.1) is 0 Å². The zero-order chi connectivity index (χ0) is 13.8. The molecule has 0 unspecified atom stereocenters. The maximum absolute atomic E-state index is 6.19. The van der Waals surface area contributed by atoms with Gasteiger partial charge in [0.15, 0.2) is 0 Å². The van der Waals surface area contributed by atoms with E-state index in [0.717, 1.165) is 17.1 Å². The standard InChI is InChI=1S/C18H22N2/c19-18-12-11-16(20-15-9-5-2-6-10-15)13-17(18)14-7-3-1-4-8-14/h2,5-6,9-14,20H,1,3-4,7-8,19H2. The van der Waals surface area contributed by atoms with Gasteiger partial charge in [-0.2, -0.15) is 0 Å². The van der Waals surface area contributed by atoms with Crippen LogP contribution in [-0.2, 0) is 0 Å². The zero-order valence-corrected chi connectivity index (χ0v) is 11.8. The molecular formula is C18H22N2. The summed E-state index contributed by atoms with van der Waals surface area (Å²) in [6.07, 6.45) is 6.59. The summed E-state index contributed by atoms with van der Waals surface area (Å²) in [7, 11) is 0. The SMILES string of the molecule is Nc1ccc(Nc2ccccc2)cc1C1CCCCC1.